The molecule has 37 heavy (non-hydrogen) atoms. The summed E-state index contributed by atoms with van der Waals surface area (Å²) in [7, 11) is 1.66. The fraction of sp³-hybridized carbons (Fsp3) is 0.0690. The molecule has 5 rings (SSSR count). The summed E-state index contributed by atoms with van der Waals surface area (Å²) in [5, 5.41) is 20.4. The molecule has 5 aromatic rings. The minimum Gasteiger partial charge on any atom is -0.497 e. The molecule has 0 aliphatic carbocycles. The van der Waals surface area contributed by atoms with E-state index in [9.17, 15) is 4.79 Å². The van der Waals surface area contributed by atoms with Crippen LogP contribution in [0.5, 0.6) is 5.75 Å². The monoisotopic (exact) mass is 509 g/mol. The topological polar surface area (TPSA) is 88.2 Å². The van der Waals surface area contributed by atoms with E-state index >= 15 is 0 Å². The summed E-state index contributed by atoms with van der Waals surface area (Å²) in [4.78, 5) is 12.3. The van der Waals surface area contributed by atoms with Gasteiger partial charge in [-0.05, 0) is 54.1 Å². The van der Waals surface area contributed by atoms with Gasteiger partial charge in [0.25, 0.3) is 0 Å². The van der Waals surface area contributed by atoms with E-state index in [1.165, 1.54) is 0 Å². The van der Waals surface area contributed by atoms with Gasteiger partial charge in [0.1, 0.15) is 5.75 Å². The quantitative estimate of drug-likeness (QED) is 0.215. The number of nitrogens with one attached hydrogen (secondary N) is 3. The maximum absolute atomic E-state index is 12.3. The summed E-state index contributed by atoms with van der Waals surface area (Å²) in [6.45, 7) is 0. The van der Waals surface area contributed by atoms with Crippen LogP contribution < -0.4 is 20.7 Å². The van der Waals surface area contributed by atoms with Crippen LogP contribution in [-0.2, 0) is 6.42 Å². The van der Waals surface area contributed by atoms with Crippen LogP contribution in [0.15, 0.2) is 97.1 Å². The van der Waals surface area contributed by atoms with Gasteiger partial charge in [-0.2, -0.15) is 5.10 Å². The first-order chi connectivity index (χ1) is 18.1. The van der Waals surface area contributed by atoms with Crippen LogP contribution in [0.4, 0.5) is 27.7 Å². The Labute approximate surface area is 219 Å². The number of aromatic nitrogens is 2. The number of para-hydroxylation sites is 1. The summed E-state index contributed by atoms with van der Waals surface area (Å²) in [5.41, 5.74) is 4.03. The minimum atomic E-state index is -0.377. The van der Waals surface area contributed by atoms with E-state index in [0.717, 1.165) is 33.5 Å². The number of nitrogens with zero attached hydrogens (tertiary/aromatic N) is 2. The van der Waals surface area contributed by atoms with Crippen molar-refractivity contribution in [3.8, 4) is 5.75 Å². The van der Waals surface area contributed by atoms with E-state index in [1.807, 2.05) is 66.7 Å². The van der Waals surface area contributed by atoms with Crippen molar-refractivity contribution in [1.29, 1.82) is 0 Å². The molecule has 184 valence electrons. The second kappa shape index (κ2) is 11.0. The zero-order chi connectivity index (χ0) is 25.6. The zero-order valence-corrected chi connectivity index (χ0v) is 20.8. The Hall–Kier alpha value is -4.62. The average molecular weight is 510 g/mol. The Morgan fingerprint density at radius 2 is 1.46 bits per heavy atom. The van der Waals surface area contributed by atoms with Crippen molar-refractivity contribution in [3.05, 3.63) is 113 Å². The molecule has 0 bridgehead atoms. The Balaban J connectivity index is 1.29. The Bertz CT molecular complexity index is 1540. The fourth-order valence-corrected chi connectivity index (χ4v) is 4.12. The smallest absolute Gasteiger partial charge is 0.323 e. The molecule has 0 spiro atoms. The lowest BCUT2D eigenvalue weighted by atomic mass is 10.0. The van der Waals surface area contributed by atoms with Crippen molar-refractivity contribution in [1.82, 2.24) is 10.2 Å². The van der Waals surface area contributed by atoms with Crippen molar-refractivity contribution in [2.75, 3.05) is 23.1 Å². The molecule has 0 atom stereocenters. The summed E-state index contributed by atoms with van der Waals surface area (Å²) < 4.78 is 5.25. The molecular formula is C29H24ClN5O2. The van der Waals surface area contributed by atoms with Crippen LogP contribution >= 0.6 is 11.6 Å². The van der Waals surface area contributed by atoms with Crippen molar-refractivity contribution in [2.45, 2.75) is 6.42 Å². The molecular weight excluding hydrogens is 486 g/mol. The number of carbonyl (C=O) groups excluding carboxylic acids is 1. The number of halogens is 1. The van der Waals surface area contributed by atoms with Crippen LogP contribution in [0, 0.1) is 0 Å². The second-order valence-electron chi connectivity index (χ2n) is 8.33. The summed E-state index contributed by atoms with van der Waals surface area (Å²) in [6.07, 6.45) is 0.661. The van der Waals surface area contributed by atoms with E-state index in [0.29, 0.717) is 28.6 Å². The van der Waals surface area contributed by atoms with Gasteiger partial charge in [0, 0.05) is 28.6 Å². The average Bonchev–Trinajstić information content (AvgIpc) is 2.93. The van der Waals surface area contributed by atoms with Gasteiger partial charge in [0.15, 0.2) is 5.82 Å². The third-order valence-electron chi connectivity index (χ3n) is 5.82. The number of fused-ring (bicyclic) bond motifs is 1. The van der Waals surface area contributed by atoms with E-state index < -0.39 is 0 Å². The highest BCUT2D eigenvalue weighted by atomic mass is 35.5. The summed E-state index contributed by atoms with van der Waals surface area (Å²) in [6, 6.07) is 30.1. The van der Waals surface area contributed by atoms with E-state index in [1.54, 1.807) is 31.4 Å². The number of anilines is 4. The third-order valence-corrected chi connectivity index (χ3v) is 6.15. The normalized spacial score (nSPS) is 10.6. The standard InChI is InChI=1S/C29H24ClN5O2/c1-37-22-16-10-19(11-17-22)18-27-23-6-2-3-7-24(23)28(35-34-27)31-20-12-14-21(15-13-20)32-29(36)33-26-9-5-4-8-25(26)30/h2-17H,18H2,1H3,(H,31,35)(H2,32,33,36). The van der Waals surface area contributed by atoms with Gasteiger partial charge >= 0.3 is 6.03 Å². The van der Waals surface area contributed by atoms with Gasteiger partial charge in [-0.15, -0.1) is 5.10 Å². The maximum atomic E-state index is 12.3. The van der Waals surface area contributed by atoms with Crippen molar-refractivity contribution >= 4 is 51.3 Å². The van der Waals surface area contributed by atoms with Crippen LogP contribution in [0.3, 0.4) is 0 Å². The molecule has 0 saturated carbocycles. The van der Waals surface area contributed by atoms with Crippen molar-refractivity contribution < 1.29 is 9.53 Å². The Morgan fingerprint density at radius 1 is 0.784 bits per heavy atom. The molecule has 0 saturated heterocycles. The number of ether oxygens (including phenoxy) is 1. The van der Waals surface area contributed by atoms with Crippen LogP contribution in [0.25, 0.3) is 10.8 Å². The highest BCUT2D eigenvalue weighted by molar-refractivity contribution is 6.33. The molecule has 7 nitrogen and oxygen atoms in total. The second-order valence-corrected chi connectivity index (χ2v) is 8.73. The van der Waals surface area contributed by atoms with Gasteiger partial charge in [0.2, 0.25) is 0 Å². The lowest BCUT2D eigenvalue weighted by Crippen LogP contribution is -2.19. The number of amides is 2. The number of urea groups is 1. The van der Waals surface area contributed by atoms with Gasteiger partial charge in [-0.3, -0.25) is 0 Å². The van der Waals surface area contributed by atoms with Gasteiger partial charge in [-0.1, -0.05) is 60.1 Å². The van der Waals surface area contributed by atoms with Crippen LogP contribution in [-0.4, -0.2) is 23.3 Å². The van der Waals surface area contributed by atoms with Crippen LogP contribution in [0.2, 0.25) is 5.02 Å². The molecule has 8 heteroatoms. The maximum Gasteiger partial charge on any atom is 0.323 e. The first-order valence-electron chi connectivity index (χ1n) is 11.7. The molecule has 0 fully saturated rings. The first kappa shape index (κ1) is 24.1. The van der Waals surface area contributed by atoms with Gasteiger partial charge < -0.3 is 20.7 Å². The summed E-state index contributed by atoms with van der Waals surface area (Å²) >= 11 is 6.11. The van der Waals surface area contributed by atoms with Gasteiger partial charge in [0.05, 0.1) is 23.5 Å². The lowest BCUT2D eigenvalue weighted by Gasteiger charge is -2.12. The van der Waals surface area contributed by atoms with Crippen LogP contribution in [0.1, 0.15) is 11.3 Å². The highest BCUT2D eigenvalue weighted by Crippen LogP contribution is 2.28. The lowest BCUT2D eigenvalue weighted by molar-refractivity contribution is 0.262. The predicted octanol–water partition coefficient (Wildman–Crippen LogP) is 7.27. The van der Waals surface area contributed by atoms with Gasteiger partial charge in [-0.25, -0.2) is 4.79 Å². The number of methoxy groups -OCH3 is 1. The molecule has 1 heterocycles. The molecule has 0 aliphatic rings. The molecule has 0 radical (unpaired) electrons. The zero-order valence-electron chi connectivity index (χ0n) is 20.0. The van der Waals surface area contributed by atoms with Crippen molar-refractivity contribution in [3.63, 3.8) is 0 Å². The summed E-state index contributed by atoms with van der Waals surface area (Å²) in [5.74, 6) is 1.48. The number of rotatable bonds is 7. The molecule has 1 aromatic heterocycles. The molecule has 0 unspecified atom stereocenters. The Morgan fingerprint density at radius 3 is 2.19 bits per heavy atom. The number of hydrogen-bond donors (Lipinski definition) is 3. The molecule has 3 N–H and O–H groups in total. The fourth-order valence-electron chi connectivity index (χ4n) is 3.94. The first-order valence-corrected chi connectivity index (χ1v) is 12.0. The number of benzene rings is 4. The molecule has 0 aliphatic heterocycles. The number of hydrogen-bond acceptors (Lipinski definition) is 5. The largest absolute Gasteiger partial charge is 0.497 e. The SMILES string of the molecule is COc1ccc(Cc2nnc(Nc3ccc(NC(=O)Nc4ccccc4Cl)cc3)c3ccccc23)cc1. The third kappa shape index (κ3) is 5.79. The van der Waals surface area contributed by atoms with Crippen molar-refractivity contribution in [2.24, 2.45) is 0 Å². The predicted molar refractivity (Wildman–Crippen MR) is 149 cm³/mol. The minimum absolute atomic E-state index is 0.377. The molecule has 4 aromatic carbocycles. The van der Waals surface area contributed by atoms with E-state index in [4.69, 9.17) is 16.3 Å². The van der Waals surface area contributed by atoms with E-state index in [-0.39, 0.29) is 6.03 Å². The highest BCUT2D eigenvalue weighted by Gasteiger charge is 2.11. The van der Waals surface area contributed by atoms with E-state index in [2.05, 4.69) is 32.2 Å². The molecule has 2 amide bonds. The number of carbonyl (C=O) groups is 1. The Kier molecular flexibility index (Phi) is 7.14.